The Morgan fingerprint density at radius 1 is 1.28 bits per heavy atom. The Kier molecular flexibility index (Phi) is 4.42. The number of methoxy groups -OCH3 is 1. The topological polar surface area (TPSA) is 37.7 Å². The summed E-state index contributed by atoms with van der Waals surface area (Å²) in [7, 11) is 1.72. The van der Waals surface area contributed by atoms with Gasteiger partial charge in [-0.2, -0.15) is 0 Å². The van der Waals surface area contributed by atoms with Gasteiger partial charge in [-0.25, -0.2) is 0 Å². The fourth-order valence-corrected chi connectivity index (χ4v) is 5.13. The quantitative estimate of drug-likeness (QED) is 0.818. The molecule has 0 N–H and O–H groups in total. The van der Waals surface area contributed by atoms with Gasteiger partial charge in [0.05, 0.1) is 18.8 Å². The average molecular weight is 353 g/mol. The van der Waals surface area contributed by atoms with Crippen LogP contribution in [0.25, 0.3) is 0 Å². The van der Waals surface area contributed by atoms with Crippen molar-refractivity contribution < 1.29 is 4.74 Å². The van der Waals surface area contributed by atoms with Gasteiger partial charge in [-0.1, -0.05) is 36.9 Å². The van der Waals surface area contributed by atoms with Crippen molar-refractivity contribution in [3.05, 3.63) is 59.4 Å². The van der Waals surface area contributed by atoms with Crippen molar-refractivity contribution in [3.63, 3.8) is 0 Å². The van der Waals surface area contributed by atoms with Gasteiger partial charge in [0.2, 0.25) is 0 Å². The highest BCUT2D eigenvalue weighted by Crippen LogP contribution is 2.48. The van der Waals surface area contributed by atoms with Gasteiger partial charge in [-0.15, -0.1) is 0 Å². The Labute approximate surface area is 153 Å². The number of thioether (sulfide) groups is 1. The number of hydrogen-bond acceptors (Lipinski definition) is 5. The number of amidine groups is 1. The van der Waals surface area contributed by atoms with Gasteiger partial charge < -0.3 is 9.64 Å². The number of ether oxygens (including phenoxy) is 1. The largest absolute Gasteiger partial charge is 0.496 e. The van der Waals surface area contributed by atoms with Crippen molar-refractivity contribution in [2.45, 2.75) is 38.4 Å². The summed E-state index contributed by atoms with van der Waals surface area (Å²) in [6.07, 6.45) is 2.99. The number of rotatable bonds is 4. The van der Waals surface area contributed by atoms with E-state index < -0.39 is 0 Å². The van der Waals surface area contributed by atoms with Gasteiger partial charge in [-0.05, 0) is 42.7 Å². The molecule has 1 aromatic carbocycles. The standard InChI is InChI=1S/C20H23N3OS/c1-4-15-12-25-20-22-18(16-7-5-6-10-21-16)19(23(15)20)14-8-9-17(24-3)13(2)11-14/h5-11,15,18-19H,4,12H2,1-3H3/t15-,18+,19+/m1/s1. The molecule has 0 aliphatic carbocycles. The smallest absolute Gasteiger partial charge is 0.160 e. The van der Waals surface area contributed by atoms with E-state index in [1.807, 2.05) is 30.1 Å². The molecule has 2 aliphatic heterocycles. The van der Waals surface area contributed by atoms with E-state index in [0.29, 0.717) is 6.04 Å². The predicted octanol–water partition coefficient (Wildman–Crippen LogP) is 4.38. The first-order valence-corrected chi connectivity index (χ1v) is 9.76. The number of aliphatic imine (C=N–C) groups is 1. The van der Waals surface area contributed by atoms with Crippen molar-refractivity contribution in [1.82, 2.24) is 9.88 Å². The summed E-state index contributed by atoms with van der Waals surface area (Å²) in [5.74, 6) is 2.05. The van der Waals surface area contributed by atoms with Crippen LogP contribution in [0.3, 0.4) is 0 Å². The molecule has 0 radical (unpaired) electrons. The minimum atomic E-state index is 0.0471. The molecule has 0 spiro atoms. The molecular weight excluding hydrogens is 330 g/mol. The summed E-state index contributed by atoms with van der Waals surface area (Å²) in [6.45, 7) is 4.36. The zero-order valence-electron chi connectivity index (χ0n) is 14.8. The lowest BCUT2D eigenvalue weighted by atomic mass is 9.94. The summed E-state index contributed by atoms with van der Waals surface area (Å²) >= 11 is 1.88. The fourth-order valence-electron chi connectivity index (χ4n) is 3.80. The van der Waals surface area contributed by atoms with Crippen LogP contribution in [0, 0.1) is 6.92 Å². The Balaban J connectivity index is 1.79. The average Bonchev–Trinajstić information content (AvgIpc) is 3.21. The number of hydrogen-bond donors (Lipinski definition) is 0. The zero-order valence-corrected chi connectivity index (χ0v) is 15.7. The van der Waals surface area contributed by atoms with E-state index in [9.17, 15) is 0 Å². The van der Waals surface area contributed by atoms with Gasteiger partial charge >= 0.3 is 0 Å². The summed E-state index contributed by atoms with van der Waals surface area (Å²) in [5, 5.41) is 1.17. The SMILES string of the molecule is CC[C@@H]1CSC2=N[C@@H](c3ccccn3)[C@H](c3ccc(OC)c(C)c3)N21. The molecule has 0 bridgehead atoms. The highest BCUT2D eigenvalue weighted by Gasteiger charge is 2.45. The van der Waals surface area contributed by atoms with Gasteiger partial charge in [-0.3, -0.25) is 9.98 Å². The van der Waals surface area contributed by atoms with E-state index in [4.69, 9.17) is 9.73 Å². The van der Waals surface area contributed by atoms with E-state index in [0.717, 1.165) is 29.2 Å². The fraction of sp³-hybridized carbons (Fsp3) is 0.400. The van der Waals surface area contributed by atoms with Crippen molar-refractivity contribution in [1.29, 1.82) is 0 Å². The first-order chi connectivity index (χ1) is 12.2. The van der Waals surface area contributed by atoms with Crippen LogP contribution in [0.15, 0.2) is 47.6 Å². The molecule has 4 rings (SSSR count). The number of benzene rings is 1. The molecule has 0 amide bonds. The summed E-state index contributed by atoms with van der Waals surface area (Å²) in [5.41, 5.74) is 3.49. The van der Waals surface area contributed by atoms with E-state index in [1.165, 1.54) is 10.7 Å². The van der Waals surface area contributed by atoms with Crippen molar-refractivity contribution in [2.75, 3.05) is 12.9 Å². The van der Waals surface area contributed by atoms with Crippen molar-refractivity contribution >= 4 is 16.9 Å². The van der Waals surface area contributed by atoms with E-state index in [1.54, 1.807) is 7.11 Å². The first-order valence-electron chi connectivity index (χ1n) is 8.77. The van der Waals surface area contributed by atoms with Crippen molar-refractivity contribution in [2.24, 2.45) is 4.99 Å². The molecule has 2 aromatic rings. The van der Waals surface area contributed by atoms with E-state index >= 15 is 0 Å². The van der Waals surface area contributed by atoms with Crippen LogP contribution < -0.4 is 4.74 Å². The Hall–Kier alpha value is -2.01. The molecule has 1 saturated heterocycles. The molecule has 1 aromatic heterocycles. The molecule has 2 aliphatic rings. The normalized spacial score (nSPS) is 25.0. The highest BCUT2D eigenvalue weighted by atomic mass is 32.2. The molecule has 4 nitrogen and oxygen atoms in total. The second-order valence-corrected chi connectivity index (χ2v) is 7.55. The van der Waals surface area contributed by atoms with Crippen LogP contribution >= 0.6 is 11.8 Å². The number of pyridine rings is 1. The number of fused-ring (bicyclic) bond motifs is 1. The molecule has 0 saturated carbocycles. The highest BCUT2D eigenvalue weighted by molar-refractivity contribution is 8.14. The molecule has 5 heteroatoms. The third kappa shape index (κ3) is 2.80. The summed E-state index contributed by atoms with van der Waals surface area (Å²) in [6, 6.07) is 13.4. The predicted molar refractivity (Wildman–Crippen MR) is 103 cm³/mol. The lowest BCUT2D eigenvalue weighted by Crippen LogP contribution is -2.35. The maximum Gasteiger partial charge on any atom is 0.160 e. The van der Waals surface area contributed by atoms with Crippen LogP contribution in [0.5, 0.6) is 5.75 Å². The monoisotopic (exact) mass is 353 g/mol. The van der Waals surface area contributed by atoms with Crippen LogP contribution in [-0.4, -0.2) is 34.0 Å². The van der Waals surface area contributed by atoms with Gasteiger partial charge in [0.1, 0.15) is 11.8 Å². The summed E-state index contributed by atoms with van der Waals surface area (Å²) < 4.78 is 5.44. The summed E-state index contributed by atoms with van der Waals surface area (Å²) in [4.78, 5) is 12.2. The molecule has 3 heterocycles. The van der Waals surface area contributed by atoms with Gasteiger partial charge in [0, 0.05) is 18.0 Å². The maximum absolute atomic E-state index is 5.44. The number of aromatic nitrogens is 1. The zero-order chi connectivity index (χ0) is 17.4. The molecule has 3 atom stereocenters. The van der Waals surface area contributed by atoms with Crippen LogP contribution in [0.2, 0.25) is 0 Å². The molecule has 1 fully saturated rings. The van der Waals surface area contributed by atoms with Gasteiger partial charge in [0.25, 0.3) is 0 Å². The van der Waals surface area contributed by atoms with E-state index in [-0.39, 0.29) is 12.1 Å². The van der Waals surface area contributed by atoms with Gasteiger partial charge in [0.15, 0.2) is 5.17 Å². The van der Waals surface area contributed by atoms with Crippen LogP contribution in [0.1, 0.15) is 42.2 Å². The molecule has 130 valence electrons. The van der Waals surface area contributed by atoms with Crippen molar-refractivity contribution in [3.8, 4) is 5.75 Å². The second-order valence-electron chi connectivity index (χ2n) is 6.57. The number of nitrogens with zero attached hydrogens (tertiary/aromatic N) is 3. The minimum absolute atomic E-state index is 0.0471. The lowest BCUT2D eigenvalue weighted by molar-refractivity contribution is 0.255. The van der Waals surface area contributed by atoms with E-state index in [2.05, 4.69) is 48.0 Å². The Bertz CT molecular complexity index is 793. The third-order valence-corrected chi connectivity index (χ3v) is 6.22. The van der Waals surface area contributed by atoms with Crippen LogP contribution in [0.4, 0.5) is 0 Å². The number of aryl methyl sites for hydroxylation is 1. The molecular formula is C20H23N3OS. The molecule has 25 heavy (non-hydrogen) atoms. The Morgan fingerprint density at radius 3 is 2.84 bits per heavy atom. The second kappa shape index (κ2) is 6.71. The first kappa shape index (κ1) is 16.5. The third-order valence-electron chi connectivity index (χ3n) is 5.09. The minimum Gasteiger partial charge on any atom is -0.496 e. The molecule has 0 unspecified atom stereocenters. The Morgan fingerprint density at radius 2 is 2.16 bits per heavy atom. The maximum atomic E-state index is 5.44. The lowest BCUT2D eigenvalue weighted by Gasteiger charge is -2.32. The van der Waals surface area contributed by atoms with Crippen LogP contribution in [-0.2, 0) is 0 Å².